The van der Waals surface area contributed by atoms with Crippen molar-refractivity contribution in [3.63, 3.8) is 0 Å². The van der Waals surface area contributed by atoms with Crippen LogP contribution < -0.4 is 4.72 Å². The second-order valence-electron chi connectivity index (χ2n) is 8.77. The van der Waals surface area contributed by atoms with Crippen LogP contribution in [-0.4, -0.2) is 49.4 Å². The van der Waals surface area contributed by atoms with E-state index in [4.69, 9.17) is 4.55 Å². The van der Waals surface area contributed by atoms with Crippen LogP contribution in [0.2, 0.25) is 0 Å². The highest BCUT2D eigenvalue weighted by atomic mass is 32.2. The Morgan fingerprint density at radius 2 is 1.88 bits per heavy atom. The van der Waals surface area contributed by atoms with Crippen molar-refractivity contribution in [1.82, 2.24) is 9.62 Å². The fourth-order valence-electron chi connectivity index (χ4n) is 4.33. The summed E-state index contributed by atoms with van der Waals surface area (Å²) in [6.45, 7) is 3.20. The maximum atomic E-state index is 15.5. The standard InChI is InChI=1S/C23H27F3N2O4S/c1-23(2,30)22(29)28-8-4-6-15(13-27-33(31)32)20(28)11-14-5-3-7-19(21(14)26)16-9-17(24)12-18(25)10-16/h3,5,7,9-10,12,15,20,27,30H,4,6,8,11,13H2,1-2H3,(H,31,32)/t15-,20-/m0/s1. The summed E-state index contributed by atoms with van der Waals surface area (Å²) in [6.07, 6.45) is 1.30. The van der Waals surface area contributed by atoms with Gasteiger partial charge < -0.3 is 10.0 Å². The first-order valence-corrected chi connectivity index (χ1v) is 11.7. The molecule has 2 aromatic rings. The summed E-state index contributed by atoms with van der Waals surface area (Å²) in [6, 6.07) is 6.74. The fourth-order valence-corrected chi connectivity index (χ4v) is 4.69. The smallest absolute Gasteiger partial charge is 0.254 e. The van der Waals surface area contributed by atoms with Crippen LogP contribution in [0.1, 0.15) is 32.3 Å². The number of nitrogens with one attached hydrogen (secondary N) is 1. The molecule has 1 amide bonds. The van der Waals surface area contributed by atoms with Crippen molar-refractivity contribution in [2.24, 2.45) is 5.92 Å². The van der Waals surface area contributed by atoms with Crippen molar-refractivity contribution < 1.29 is 31.8 Å². The number of amides is 1. The highest BCUT2D eigenvalue weighted by Gasteiger charge is 2.39. The maximum Gasteiger partial charge on any atom is 0.254 e. The topological polar surface area (TPSA) is 89.9 Å². The van der Waals surface area contributed by atoms with Gasteiger partial charge >= 0.3 is 0 Å². The van der Waals surface area contributed by atoms with Gasteiger partial charge in [-0.2, -0.15) is 0 Å². The zero-order valence-corrected chi connectivity index (χ0v) is 19.2. The van der Waals surface area contributed by atoms with Gasteiger partial charge in [0.2, 0.25) is 11.3 Å². The minimum Gasteiger partial charge on any atom is -0.381 e. The third kappa shape index (κ3) is 6.20. The lowest BCUT2D eigenvalue weighted by Crippen LogP contribution is -2.57. The van der Waals surface area contributed by atoms with Crippen molar-refractivity contribution in [2.75, 3.05) is 13.1 Å². The number of carbonyl (C=O) groups excluding carboxylic acids is 1. The van der Waals surface area contributed by atoms with Crippen LogP contribution in [0.5, 0.6) is 0 Å². The maximum absolute atomic E-state index is 15.5. The fraction of sp³-hybridized carbons (Fsp3) is 0.435. The van der Waals surface area contributed by atoms with Crippen LogP contribution >= 0.6 is 0 Å². The van der Waals surface area contributed by atoms with E-state index in [1.807, 2.05) is 0 Å². The van der Waals surface area contributed by atoms with Gasteiger partial charge in [-0.05, 0) is 62.3 Å². The third-order valence-corrected chi connectivity index (χ3v) is 6.27. The van der Waals surface area contributed by atoms with Crippen molar-refractivity contribution >= 4 is 17.2 Å². The summed E-state index contributed by atoms with van der Waals surface area (Å²) in [4.78, 5) is 14.4. The minimum atomic E-state index is -2.25. The van der Waals surface area contributed by atoms with Gasteiger partial charge in [-0.3, -0.25) is 9.35 Å². The minimum absolute atomic E-state index is 0.0215. The van der Waals surface area contributed by atoms with Crippen LogP contribution in [0, 0.1) is 23.4 Å². The number of nitrogens with zero attached hydrogens (tertiary/aromatic N) is 1. The van der Waals surface area contributed by atoms with Crippen molar-refractivity contribution in [2.45, 2.75) is 44.8 Å². The normalized spacial score (nSPS) is 20.0. The van der Waals surface area contributed by atoms with Gasteiger partial charge in [0.05, 0.1) is 0 Å². The highest BCUT2D eigenvalue weighted by Crippen LogP contribution is 2.32. The van der Waals surface area contributed by atoms with Crippen LogP contribution in [-0.2, 0) is 22.5 Å². The van der Waals surface area contributed by atoms with Gasteiger partial charge in [0.1, 0.15) is 23.1 Å². The molecule has 1 unspecified atom stereocenters. The van der Waals surface area contributed by atoms with E-state index in [0.29, 0.717) is 25.5 Å². The first kappa shape index (κ1) is 25.4. The lowest BCUT2D eigenvalue weighted by molar-refractivity contribution is -0.153. The monoisotopic (exact) mass is 484 g/mol. The molecule has 33 heavy (non-hydrogen) atoms. The summed E-state index contributed by atoms with van der Waals surface area (Å²) < 4.78 is 65.6. The lowest BCUT2D eigenvalue weighted by atomic mass is 9.83. The Hall–Kier alpha value is -2.27. The van der Waals surface area contributed by atoms with E-state index < -0.39 is 46.3 Å². The SMILES string of the molecule is CC(C)(O)C(=O)N1CCC[C@@H](CNS(=O)O)[C@@H]1Cc1cccc(-c2cc(F)cc(F)c2)c1F. The van der Waals surface area contributed by atoms with E-state index >= 15 is 4.39 Å². The predicted molar refractivity (Wildman–Crippen MR) is 119 cm³/mol. The Kier molecular flexibility index (Phi) is 7.94. The Bertz CT molecular complexity index is 1020. The second-order valence-corrected chi connectivity index (χ2v) is 9.55. The first-order valence-electron chi connectivity index (χ1n) is 10.6. The van der Waals surface area contributed by atoms with Crippen LogP contribution in [0.4, 0.5) is 13.2 Å². The molecular formula is C23H27F3N2O4S. The summed E-state index contributed by atoms with van der Waals surface area (Å²) >= 11 is -2.25. The van der Waals surface area contributed by atoms with Gasteiger partial charge in [0.25, 0.3) is 5.91 Å². The van der Waals surface area contributed by atoms with E-state index in [9.17, 15) is 22.9 Å². The average Bonchev–Trinajstić information content (AvgIpc) is 2.72. The molecule has 1 aliphatic heterocycles. The summed E-state index contributed by atoms with van der Waals surface area (Å²) in [7, 11) is 0. The van der Waals surface area contributed by atoms with Gasteiger partial charge in [0, 0.05) is 30.8 Å². The Balaban J connectivity index is 1.98. The average molecular weight is 485 g/mol. The number of aliphatic hydroxyl groups is 1. The number of hydrogen-bond acceptors (Lipinski definition) is 3. The molecular weight excluding hydrogens is 457 g/mol. The lowest BCUT2D eigenvalue weighted by Gasteiger charge is -2.43. The molecule has 0 bridgehead atoms. The molecule has 6 nitrogen and oxygen atoms in total. The molecule has 0 aromatic heterocycles. The number of hydrogen-bond donors (Lipinski definition) is 3. The molecule has 0 aliphatic carbocycles. The first-order chi connectivity index (χ1) is 15.5. The molecule has 1 aliphatic rings. The molecule has 0 spiro atoms. The molecule has 2 aromatic carbocycles. The molecule has 180 valence electrons. The molecule has 3 atom stereocenters. The quantitative estimate of drug-likeness (QED) is 0.526. The molecule has 1 fully saturated rings. The van der Waals surface area contributed by atoms with Gasteiger partial charge in [0.15, 0.2) is 0 Å². The van der Waals surface area contributed by atoms with E-state index in [1.54, 1.807) is 6.07 Å². The van der Waals surface area contributed by atoms with Gasteiger partial charge in [-0.25, -0.2) is 22.1 Å². The molecule has 1 heterocycles. The number of piperidine rings is 1. The Labute approximate surface area is 193 Å². The van der Waals surface area contributed by atoms with Crippen LogP contribution in [0.15, 0.2) is 36.4 Å². The van der Waals surface area contributed by atoms with E-state index in [-0.39, 0.29) is 35.6 Å². The summed E-state index contributed by atoms with van der Waals surface area (Å²) in [5, 5.41) is 10.3. The van der Waals surface area contributed by atoms with Crippen molar-refractivity contribution in [3.05, 3.63) is 59.4 Å². The number of likely N-dealkylation sites (tertiary alicyclic amines) is 1. The molecule has 1 saturated heterocycles. The van der Waals surface area contributed by atoms with Crippen molar-refractivity contribution in [1.29, 1.82) is 0 Å². The number of halogens is 3. The Morgan fingerprint density at radius 3 is 2.48 bits per heavy atom. The van der Waals surface area contributed by atoms with Gasteiger partial charge in [-0.1, -0.05) is 18.2 Å². The van der Waals surface area contributed by atoms with Crippen LogP contribution in [0.25, 0.3) is 11.1 Å². The molecule has 10 heteroatoms. The van der Waals surface area contributed by atoms with E-state index in [1.165, 1.54) is 30.9 Å². The summed E-state index contributed by atoms with van der Waals surface area (Å²) in [5.74, 6) is -3.12. The summed E-state index contributed by atoms with van der Waals surface area (Å²) in [5.41, 5.74) is -1.35. The molecule has 0 saturated carbocycles. The predicted octanol–water partition coefficient (Wildman–Crippen LogP) is 3.42. The number of benzene rings is 2. The van der Waals surface area contributed by atoms with Crippen molar-refractivity contribution in [3.8, 4) is 11.1 Å². The zero-order chi connectivity index (χ0) is 24.3. The third-order valence-electron chi connectivity index (χ3n) is 5.85. The van der Waals surface area contributed by atoms with Crippen LogP contribution in [0.3, 0.4) is 0 Å². The number of rotatable bonds is 7. The van der Waals surface area contributed by atoms with E-state index in [2.05, 4.69) is 4.72 Å². The molecule has 3 rings (SSSR count). The largest absolute Gasteiger partial charge is 0.381 e. The molecule has 0 radical (unpaired) electrons. The second kappa shape index (κ2) is 10.3. The van der Waals surface area contributed by atoms with Gasteiger partial charge in [-0.15, -0.1) is 0 Å². The zero-order valence-electron chi connectivity index (χ0n) is 18.4. The number of carbonyl (C=O) groups is 1. The van der Waals surface area contributed by atoms with E-state index in [0.717, 1.165) is 12.1 Å². The molecule has 3 N–H and O–H groups in total. The Morgan fingerprint density at radius 1 is 1.21 bits per heavy atom. The highest BCUT2D eigenvalue weighted by molar-refractivity contribution is 7.77.